The number of hydrogen-bond acceptors (Lipinski definition) is 5. The van der Waals surface area contributed by atoms with E-state index in [9.17, 15) is 9.59 Å². The van der Waals surface area contributed by atoms with Crippen LogP contribution in [0.15, 0.2) is 23.6 Å². The molecule has 1 atom stereocenters. The van der Waals surface area contributed by atoms with Crippen LogP contribution in [-0.2, 0) is 17.9 Å². The first-order chi connectivity index (χ1) is 13.5. The first-order valence-corrected chi connectivity index (χ1v) is 9.82. The van der Waals surface area contributed by atoms with Crippen LogP contribution in [0.2, 0.25) is 0 Å². The SMILES string of the molecule is CCC1CC(Cn2cnc(C(=O)/N=C/C3CCn4nccc4N(C)C3=O)n2)C1. The molecule has 1 fully saturated rings. The first kappa shape index (κ1) is 18.5. The van der Waals surface area contributed by atoms with Gasteiger partial charge in [0, 0.05) is 32.4 Å². The molecule has 9 heteroatoms. The van der Waals surface area contributed by atoms with Crippen LogP contribution in [0.3, 0.4) is 0 Å². The van der Waals surface area contributed by atoms with Gasteiger partial charge in [-0.1, -0.05) is 13.3 Å². The van der Waals surface area contributed by atoms with Gasteiger partial charge >= 0.3 is 5.91 Å². The van der Waals surface area contributed by atoms with E-state index in [1.54, 1.807) is 39.9 Å². The van der Waals surface area contributed by atoms with Gasteiger partial charge in [-0.3, -0.25) is 19.2 Å². The molecular weight excluding hydrogens is 358 g/mol. The van der Waals surface area contributed by atoms with Gasteiger partial charge in [0.15, 0.2) is 0 Å². The highest BCUT2D eigenvalue weighted by Crippen LogP contribution is 2.36. The summed E-state index contributed by atoms with van der Waals surface area (Å²) >= 11 is 0. The molecule has 28 heavy (non-hydrogen) atoms. The zero-order valence-electron chi connectivity index (χ0n) is 16.2. The Morgan fingerprint density at radius 1 is 1.36 bits per heavy atom. The fourth-order valence-electron chi connectivity index (χ4n) is 3.98. The maximum atomic E-state index is 12.6. The summed E-state index contributed by atoms with van der Waals surface area (Å²) in [7, 11) is 1.70. The second-order valence-electron chi connectivity index (χ2n) is 7.69. The summed E-state index contributed by atoms with van der Waals surface area (Å²) in [5.74, 6) is 1.16. The van der Waals surface area contributed by atoms with Crippen molar-refractivity contribution >= 4 is 23.8 Å². The van der Waals surface area contributed by atoms with E-state index in [1.807, 2.05) is 0 Å². The number of carbonyl (C=O) groups excluding carboxylic acids is 2. The minimum atomic E-state index is -0.517. The normalized spacial score (nSPS) is 24.9. The Balaban J connectivity index is 1.36. The lowest BCUT2D eigenvalue weighted by molar-refractivity contribution is -0.120. The molecule has 0 saturated heterocycles. The topological polar surface area (TPSA) is 98.3 Å². The number of aryl methyl sites for hydroxylation is 1. The first-order valence-electron chi connectivity index (χ1n) is 9.82. The van der Waals surface area contributed by atoms with E-state index in [2.05, 4.69) is 27.1 Å². The van der Waals surface area contributed by atoms with Crippen molar-refractivity contribution in [2.24, 2.45) is 22.7 Å². The predicted octanol–water partition coefficient (Wildman–Crippen LogP) is 1.80. The van der Waals surface area contributed by atoms with Crippen LogP contribution < -0.4 is 4.90 Å². The van der Waals surface area contributed by atoms with E-state index in [4.69, 9.17) is 0 Å². The molecule has 2 aromatic heterocycles. The predicted molar refractivity (Wildman–Crippen MR) is 103 cm³/mol. The van der Waals surface area contributed by atoms with Crippen molar-refractivity contribution in [1.82, 2.24) is 24.5 Å². The molecule has 1 aliphatic heterocycles. The third-order valence-electron chi connectivity index (χ3n) is 5.79. The van der Waals surface area contributed by atoms with Gasteiger partial charge in [-0.25, -0.2) is 14.7 Å². The number of rotatable bonds is 5. The highest BCUT2D eigenvalue weighted by Gasteiger charge is 2.29. The number of anilines is 1. The lowest BCUT2D eigenvalue weighted by atomic mass is 9.74. The Kier molecular flexibility index (Phi) is 5.06. The highest BCUT2D eigenvalue weighted by atomic mass is 16.2. The summed E-state index contributed by atoms with van der Waals surface area (Å²) in [6.45, 7) is 3.60. The van der Waals surface area contributed by atoms with Crippen LogP contribution >= 0.6 is 0 Å². The number of aromatic nitrogens is 5. The number of amides is 2. The van der Waals surface area contributed by atoms with Crippen LogP contribution in [0.1, 0.15) is 43.2 Å². The summed E-state index contributed by atoms with van der Waals surface area (Å²) in [5.41, 5.74) is 0. The molecule has 2 amide bonds. The van der Waals surface area contributed by atoms with Crippen LogP contribution in [0, 0.1) is 17.8 Å². The van der Waals surface area contributed by atoms with Gasteiger partial charge < -0.3 is 0 Å². The monoisotopic (exact) mass is 383 g/mol. The molecule has 0 aromatic carbocycles. The van der Waals surface area contributed by atoms with Crippen molar-refractivity contribution in [2.45, 2.75) is 45.7 Å². The molecule has 1 unspecified atom stereocenters. The molecule has 0 bridgehead atoms. The number of nitrogens with zero attached hydrogens (tertiary/aromatic N) is 7. The third kappa shape index (κ3) is 3.61. The molecule has 3 heterocycles. The van der Waals surface area contributed by atoms with Crippen LogP contribution in [0.5, 0.6) is 0 Å². The average Bonchev–Trinajstić information content (AvgIpc) is 3.30. The minimum absolute atomic E-state index is 0.0740. The van der Waals surface area contributed by atoms with Crippen molar-refractivity contribution in [3.05, 3.63) is 24.4 Å². The van der Waals surface area contributed by atoms with E-state index < -0.39 is 11.8 Å². The zero-order valence-corrected chi connectivity index (χ0v) is 16.2. The van der Waals surface area contributed by atoms with Crippen molar-refractivity contribution in [2.75, 3.05) is 11.9 Å². The Bertz CT molecular complexity index is 894. The molecule has 148 valence electrons. The van der Waals surface area contributed by atoms with Gasteiger partial charge in [0.1, 0.15) is 12.1 Å². The summed E-state index contributed by atoms with van der Waals surface area (Å²) in [4.78, 5) is 34.6. The highest BCUT2D eigenvalue weighted by molar-refractivity contribution is 6.06. The lowest BCUT2D eigenvalue weighted by Gasteiger charge is -2.34. The second kappa shape index (κ2) is 7.65. The maximum Gasteiger partial charge on any atom is 0.316 e. The van der Waals surface area contributed by atoms with E-state index >= 15 is 0 Å². The van der Waals surface area contributed by atoms with Crippen LogP contribution in [0.4, 0.5) is 5.82 Å². The van der Waals surface area contributed by atoms with Gasteiger partial charge in [-0.15, -0.1) is 5.10 Å². The van der Waals surface area contributed by atoms with Gasteiger partial charge in [0.25, 0.3) is 0 Å². The molecule has 1 saturated carbocycles. The summed E-state index contributed by atoms with van der Waals surface area (Å²) in [5, 5.41) is 8.47. The van der Waals surface area contributed by atoms with Gasteiger partial charge in [-0.05, 0) is 31.1 Å². The summed E-state index contributed by atoms with van der Waals surface area (Å²) in [6, 6.07) is 1.80. The number of aliphatic imine (C=N–C) groups is 1. The van der Waals surface area contributed by atoms with Crippen LogP contribution in [-0.4, -0.2) is 49.6 Å². The largest absolute Gasteiger partial charge is 0.316 e. The Morgan fingerprint density at radius 2 is 2.18 bits per heavy atom. The minimum Gasteiger partial charge on any atom is -0.300 e. The van der Waals surface area contributed by atoms with Crippen molar-refractivity contribution in [1.29, 1.82) is 0 Å². The van der Waals surface area contributed by atoms with E-state index in [1.165, 1.54) is 25.5 Å². The van der Waals surface area contributed by atoms with Gasteiger partial charge in [0.05, 0.1) is 12.1 Å². The number of fused-ring (bicyclic) bond motifs is 1. The molecule has 0 spiro atoms. The third-order valence-corrected chi connectivity index (χ3v) is 5.79. The quantitative estimate of drug-likeness (QED) is 0.733. The van der Waals surface area contributed by atoms with Gasteiger partial charge in [0.2, 0.25) is 11.7 Å². The number of carbonyl (C=O) groups is 2. The molecular formula is C19H25N7O2. The smallest absolute Gasteiger partial charge is 0.300 e. The van der Waals surface area contributed by atoms with E-state index in [0.29, 0.717) is 18.9 Å². The fourth-order valence-corrected chi connectivity index (χ4v) is 3.98. The second-order valence-corrected chi connectivity index (χ2v) is 7.69. The number of hydrogen-bond donors (Lipinski definition) is 0. The molecule has 0 radical (unpaired) electrons. The van der Waals surface area contributed by atoms with Crippen molar-refractivity contribution in [3.8, 4) is 0 Å². The summed E-state index contributed by atoms with van der Waals surface area (Å²) in [6.07, 6.45) is 8.88. The maximum absolute atomic E-state index is 12.6. The molecule has 0 N–H and O–H groups in total. The molecule has 1 aliphatic carbocycles. The average molecular weight is 383 g/mol. The van der Waals surface area contributed by atoms with Crippen molar-refractivity contribution in [3.63, 3.8) is 0 Å². The standard InChI is InChI=1S/C19H25N7O2/c1-3-13-8-14(9-13)11-25-12-21-17(23-25)18(27)20-10-15-5-7-26-16(4-6-22-26)24(2)19(15)28/h4,6,10,12-15H,3,5,7-9,11H2,1-2H3/b20-10+. The van der Waals surface area contributed by atoms with Crippen LogP contribution in [0.25, 0.3) is 0 Å². The molecule has 2 aromatic rings. The molecule has 9 nitrogen and oxygen atoms in total. The van der Waals surface area contributed by atoms with Gasteiger partial charge in [-0.2, -0.15) is 5.10 Å². The Labute approximate surface area is 163 Å². The summed E-state index contributed by atoms with van der Waals surface area (Å²) < 4.78 is 3.50. The van der Waals surface area contributed by atoms with E-state index in [-0.39, 0.29) is 11.7 Å². The Hall–Kier alpha value is -2.84. The van der Waals surface area contributed by atoms with E-state index in [0.717, 1.165) is 18.3 Å². The Morgan fingerprint density at radius 3 is 2.96 bits per heavy atom. The fraction of sp³-hybridized carbons (Fsp3) is 0.579. The van der Waals surface area contributed by atoms with Crippen molar-refractivity contribution < 1.29 is 9.59 Å². The molecule has 2 aliphatic rings. The molecule has 4 rings (SSSR count). The lowest BCUT2D eigenvalue weighted by Crippen LogP contribution is -2.32. The zero-order chi connectivity index (χ0) is 19.7.